The number of carbonyl (C=O) groups is 1. The summed E-state index contributed by atoms with van der Waals surface area (Å²) < 4.78 is 40.1. The van der Waals surface area contributed by atoms with Crippen LogP contribution in [0.5, 0.6) is 0 Å². The molecule has 8 heteroatoms. The van der Waals surface area contributed by atoms with E-state index in [1.54, 1.807) is 4.90 Å². The predicted octanol–water partition coefficient (Wildman–Crippen LogP) is 2.81. The number of benzene rings is 1. The first kappa shape index (κ1) is 22.3. The molecule has 4 aliphatic carbocycles. The van der Waals surface area contributed by atoms with Gasteiger partial charge in [0.1, 0.15) is 5.82 Å². The summed E-state index contributed by atoms with van der Waals surface area (Å²) in [5.74, 6) is 2.33. The summed E-state index contributed by atoms with van der Waals surface area (Å²) >= 11 is 0. The van der Waals surface area contributed by atoms with Gasteiger partial charge in [-0.15, -0.1) is 0 Å². The van der Waals surface area contributed by atoms with E-state index in [9.17, 15) is 17.6 Å². The molecule has 1 saturated heterocycles. The summed E-state index contributed by atoms with van der Waals surface area (Å²) in [6.45, 7) is 2.72. The predicted molar refractivity (Wildman–Crippen MR) is 120 cm³/mol. The number of carbonyl (C=O) groups excluding carboxylic acids is 1. The molecule has 5 fully saturated rings. The quantitative estimate of drug-likeness (QED) is 0.651. The van der Waals surface area contributed by atoms with Gasteiger partial charge in [0.2, 0.25) is 15.9 Å². The van der Waals surface area contributed by atoms with Crippen LogP contribution < -0.4 is 0 Å². The van der Waals surface area contributed by atoms with Crippen molar-refractivity contribution in [3.8, 4) is 0 Å². The molecule has 0 aromatic heterocycles. The Kier molecular flexibility index (Phi) is 5.83. The van der Waals surface area contributed by atoms with Gasteiger partial charge in [0.15, 0.2) is 0 Å². The molecule has 4 saturated carbocycles. The van der Waals surface area contributed by atoms with Crippen LogP contribution in [0.2, 0.25) is 0 Å². The van der Waals surface area contributed by atoms with Gasteiger partial charge in [0.25, 0.3) is 0 Å². The van der Waals surface area contributed by atoms with Crippen molar-refractivity contribution in [3.05, 3.63) is 30.1 Å². The summed E-state index contributed by atoms with van der Waals surface area (Å²) in [4.78, 5) is 17.0. The highest BCUT2D eigenvalue weighted by molar-refractivity contribution is 7.89. The fourth-order valence-electron chi connectivity index (χ4n) is 7.38. The van der Waals surface area contributed by atoms with Crippen molar-refractivity contribution in [2.24, 2.45) is 23.2 Å². The van der Waals surface area contributed by atoms with Crippen LogP contribution in [0.1, 0.15) is 38.5 Å². The Balaban J connectivity index is 1.13. The van der Waals surface area contributed by atoms with Gasteiger partial charge in [-0.25, -0.2) is 12.8 Å². The van der Waals surface area contributed by atoms with Crippen molar-refractivity contribution in [2.75, 3.05) is 46.3 Å². The Hall–Kier alpha value is -1.51. The van der Waals surface area contributed by atoms with Gasteiger partial charge >= 0.3 is 0 Å². The number of piperazine rings is 1. The highest BCUT2D eigenvalue weighted by atomic mass is 32.2. The largest absolute Gasteiger partial charge is 0.339 e. The zero-order valence-electron chi connectivity index (χ0n) is 18.9. The molecule has 0 N–H and O–H groups in total. The van der Waals surface area contributed by atoms with Crippen molar-refractivity contribution in [3.63, 3.8) is 0 Å². The third kappa shape index (κ3) is 4.33. The van der Waals surface area contributed by atoms with E-state index in [2.05, 4.69) is 11.9 Å². The maximum Gasteiger partial charge on any atom is 0.243 e. The lowest BCUT2D eigenvalue weighted by atomic mass is 9.49. The van der Waals surface area contributed by atoms with Crippen molar-refractivity contribution in [2.45, 2.75) is 43.4 Å². The molecule has 6 nitrogen and oxygen atoms in total. The number of likely N-dealkylation sites (N-methyl/N-ethyl adjacent to an activating group) is 1. The maximum atomic E-state index is 13.1. The van der Waals surface area contributed by atoms with Crippen LogP contribution in [0.15, 0.2) is 29.2 Å². The van der Waals surface area contributed by atoms with Crippen LogP contribution in [0, 0.1) is 29.0 Å². The first-order valence-electron chi connectivity index (χ1n) is 11.9. The zero-order valence-corrected chi connectivity index (χ0v) is 19.7. The van der Waals surface area contributed by atoms with E-state index in [0.29, 0.717) is 25.0 Å². The minimum Gasteiger partial charge on any atom is -0.339 e. The van der Waals surface area contributed by atoms with Crippen molar-refractivity contribution < 1.29 is 17.6 Å². The zero-order chi connectivity index (χ0) is 22.5. The molecule has 176 valence electrons. The van der Waals surface area contributed by atoms with Gasteiger partial charge in [-0.2, -0.15) is 4.31 Å². The van der Waals surface area contributed by atoms with Crippen molar-refractivity contribution in [1.82, 2.24) is 14.1 Å². The van der Waals surface area contributed by atoms with Crippen LogP contribution in [0.25, 0.3) is 0 Å². The number of hydrogen-bond donors (Lipinski definition) is 0. The summed E-state index contributed by atoms with van der Waals surface area (Å²) in [5.41, 5.74) is 0.408. The van der Waals surface area contributed by atoms with E-state index < -0.39 is 15.8 Å². The lowest BCUT2D eigenvalue weighted by Crippen LogP contribution is -2.54. The van der Waals surface area contributed by atoms with Crippen LogP contribution in [-0.2, 0) is 14.8 Å². The molecule has 1 aromatic rings. The molecule has 1 amide bonds. The fraction of sp³-hybridized carbons (Fsp3) is 0.708. The minimum atomic E-state index is -3.66. The fourth-order valence-corrected chi connectivity index (χ4v) is 8.80. The molecule has 0 radical (unpaired) electrons. The van der Waals surface area contributed by atoms with Gasteiger partial charge in [-0.3, -0.25) is 9.69 Å². The SMILES string of the molecule is CN(CC(=O)N1CCN(S(=O)(=O)c2ccc(F)cc2)CC1)CC12CC3CC(CC(C3)C1)C2. The molecule has 0 atom stereocenters. The standard InChI is InChI=1S/C24H34FN3O3S/c1-26(17-24-13-18-10-19(14-24)12-20(11-18)15-24)16-23(29)27-6-8-28(9-7-27)32(30,31)22-4-2-21(25)3-5-22/h2-5,18-20H,6-17H2,1H3. The normalized spacial score (nSPS) is 32.6. The topological polar surface area (TPSA) is 60.9 Å². The number of amides is 1. The lowest BCUT2D eigenvalue weighted by Gasteiger charge is -2.57. The second-order valence-electron chi connectivity index (χ2n) is 10.8. The summed E-state index contributed by atoms with van der Waals surface area (Å²) in [7, 11) is -1.60. The van der Waals surface area contributed by atoms with Crippen LogP contribution in [0.4, 0.5) is 4.39 Å². The Morgan fingerprint density at radius 3 is 2.06 bits per heavy atom. The molecule has 6 rings (SSSR count). The third-order valence-electron chi connectivity index (χ3n) is 8.22. The van der Waals surface area contributed by atoms with Crippen LogP contribution in [-0.4, -0.2) is 74.7 Å². The van der Waals surface area contributed by atoms with Crippen molar-refractivity contribution >= 4 is 15.9 Å². The smallest absolute Gasteiger partial charge is 0.243 e. The van der Waals surface area contributed by atoms with E-state index >= 15 is 0 Å². The first-order valence-corrected chi connectivity index (χ1v) is 13.4. The van der Waals surface area contributed by atoms with Crippen LogP contribution in [0.3, 0.4) is 0 Å². The van der Waals surface area contributed by atoms with Gasteiger partial charge in [0.05, 0.1) is 11.4 Å². The van der Waals surface area contributed by atoms with Crippen LogP contribution >= 0.6 is 0 Å². The van der Waals surface area contributed by atoms with Gasteiger partial charge in [0, 0.05) is 32.7 Å². The highest BCUT2D eigenvalue weighted by Gasteiger charge is 2.51. The second-order valence-corrected chi connectivity index (χ2v) is 12.8. The Bertz CT molecular complexity index is 922. The van der Waals surface area contributed by atoms with Crippen molar-refractivity contribution in [1.29, 1.82) is 0 Å². The van der Waals surface area contributed by atoms with E-state index in [1.165, 1.54) is 55.0 Å². The number of sulfonamides is 1. The average Bonchev–Trinajstić information content (AvgIpc) is 2.72. The molecule has 5 aliphatic rings. The third-order valence-corrected chi connectivity index (χ3v) is 10.1. The second kappa shape index (κ2) is 8.37. The molecule has 0 unspecified atom stereocenters. The molecule has 32 heavy (non-hydrogen) atoms. The molecular weight excluding hydrogens is 429 g/mol. The minimum absolute atomic E-state index is 0.0797. The molecule has 1 heterocycles. The summed E-state index contributed by atoms with van der Waals surface area (Å²) in [6.07, 6.45) is 8.26. The lowest BCUT2D eigenvalue weighted by molar-refractivity contribution is -0.134. The average molecular weight is 464 g/mol. The van der Waals surface area contributed by atoms with Gasteiger partial charge < -0.3 is 4.90 Å². The van der Waals surface area contributed by atoms with E-state index in [-0.39, 0.29) is 23.9 Å². The number of nitrogens with zero attached hydrogens (tertiary/aromatic N) is 3. The summed E-state index contributed by atoms with van der Waals surface area (Å²) in [5, 5.41) is 0. The monoisotopic (exact) mass is 463 g/mol. The van der Waals surface area contributed by atoms with E-state index in [0.717, 1.165) is 36.4 Å². The maximum absolute atomic E-state index is 13.1. The van der Waals surface area contributed by atoms with E-state index in [4.69, 9.17) is 0 Å². The molecule has 4 bridgehead atoms. The summed E-state index contributed by atoms with van der Waals surface area (Å²) in [6, 6.07) is 4.90. The van der Waals surface area contributed by atoms with Gasteiger partial charge in [-0.1, -0.05) is 0 Å². The number of rotatable bonds is 6. The molecule has 1 aromatic carbocycles. The molecular formula is C24H34FN3O3S. The van der Waals surface area contributed by atoms with E-state index in [1.807, 2.05) is 0 Å². The van der Waals surface area contributed by atoms with Gasteiger partial charge in [-0.05, 0) is 93.0 Å². The first-order chi connectivity index (χ1) is 15.2. The molecule has 0 spiro atoms. The number of hydrogen-bond acceptors (Lipinski definition) is 4. The molecule has 1 aliphatic heterocycles. The Labute approximate surface area is 190 Å². The Morgan fingerprint density at radius 1 is 1.00 bits per heavy atom. The highest BCUT2D eigenvalue weighted by Crippen LogP contribution is 2.60. The number of halogens is 1. The Morgan fingerprint density at radius 2 is 1.53 bits per heavy atom.